The molecule has 1 heterocycles. The van der Waals surface area contributed by atoms with Gasteiger partial charge in [-0.1, -0.05) is 30.3 Å². The predicted octanol–water partition coefficient (Wildman–Crippen LogP) is 2.44. The molecule has 12 heteroatoms. The van der Waals surface area contributed by atoms with Crippen LogP contribution in [-0.2, 0) is 4.79 Å². The van der Waals surface area contributed by atoms with E-state index in [0.29, 0.717) is 35.6 Å². The van der Waals surface area contributed by atoms with Crippen LogP contribution < -0.4 is 21.9 Å². The molecule has 0 saturated carbocycles. The molecule has 3 aromatic carbocycles. The summed E-state index contributed by atoms with van der Waals surface area (Å²) in [6.07, 6.45) is 0. The molecule has 0 aromatic heterocycles. The molecule has 0 bridgehead atoms. The van der Waals surface area contributed by atoms with Gasteiger partial charge in [0.2, 0.25) is 0 Å². The van der Waals surface area contributed by atoms with Crippen LogP contribution in [0.2, 0.25) is 0 Å². The number of aromatic hydroxyl groups is 1. The van der Waals surface area contributed by atoms with E-state index in [9.17, 15) is 19.8 Å². The quantitative estimate of drug-likeness (QED) is 0.166. The van der Waals surface area contributed by atoms with E-state index in [4.69, 9.17) is 21.7 Å². The van der Waals surface area contributed by atoms with Crippen LogP contribution in [0.3, 0.4) is 0 Å². The van der Waals surface area contributed by atoms with Gasteiger partial charge in [0.25, 0.3) is 0 Å². The number of aliphatic hydroxyl groups is 2. The smallest absolute Gasteiger partial charge is 0.335 e. The number of carbonyl (C=O) groups is 2. The van der Waals surface area contributed by atoms with E-state index in [1.54, 1.807) is 37.3 Å². The fourth-order valence-corrected chi connectivity index (χ4v) is 3.46. The molecule has 4 rings (SSSR count). The van der Waals surface area contributed by atoms with Crippen molar-refractivity contribution in [3.63, 3.8) is 0 Å². The zero-order chi connectivity index (χ0) is 30.5. The lowest BCUT2D eigenvalue weighted by molar-refractivity contribution is -0.112. The number of anilines is 2. The molecule has 0 unspecified atom stereocenters. The van der Waals surface area contributed by atoms with Crippen molar-refractivity contribution >= 4 is 34.7 Å². The number of rotatable bonds is 7. The number of nitrogens with one attached hydrogen (secondary N) is 1. The van der Waals surface area contributed by atoms with Crippen molar-refractivity contribution in [2.24, 2.45) is 21.7 Å². The van der Waals surface area contributed by atoms with Gasteiger partial charge >= 0.3 is 11.9 Å². The maximum atomic E-state index is 12.9. The van der Waals surface area contributed by atoms with Crippen LogP contribution in [0.25, 0.3) is 11.1 Å². The molecule has 0 atom stereocenters. The van der Waals surface area contributed by atoms with Gasteiger partial charge in [-0.05, 0) is 67.8 Å². The number of carboxylic acid groups (broad SMARTS) is 1. The highest BCUT2D eigenvalue weighted by atomic mass is 16.4. The lowest BCUT2D eigenvalue weighted by atomic mass is 10.0. The molecule has 1 amide bonds. The second kappa shape index (κ2) is 15.8. The summed E-state index contributed by atoms with van der Waals surface area (Å²) in [6.45, 7) is 6.59. The van der Waals surface area contributed by atoms with E-state index >= 15 is 0 Å². The zero-order valence-electron chi connectivity index (χ0n) is 23.2. The van der Waals surface area contributed by atoms with Crippen molar-refractivity contribution < 1.29 is 30.0 Å². The molecule has 9 N–H and O–H groups in total. The zero-order valence-corrected chi connectivity index (χ0v) is 23.2. The Labute approximate surface area is 238 Å². The summed E-state index contributed by atoms with van der Waals surface area (Å²) in [4.78, 5) is 24.2. The number of aryl methyl sites for hydroxylation is 2. The van der Waals surface area contributed by atoms with Crippen LogP contribution in [0.1, 0.15) is 28.4 Å². The van der Waals surface area contributed by atoms with Crippen LogP contribution in [0, 0.1) is 13.8 Å². The fourth-order valence-electron chi connectivity index (χ4n) is 3.46. The van der Waals surface area contributed by atoms with Gasteiger partial charge in [0.05, 0.1) is 35.9 Å². The number of nitrogens with zero attached hydrogens (tertiary/aromatic N) is 3. The summed E-state index contributed by atoms with van der Waals surface area (Å²) < 4.78 is 0. The highest BCUT2D eigenvalue weighted by Gasteiger charge is 2.31. The first kappa shape index (κ1) is 32.6. The maximum absolute atomic E-state index is 12.9. The third-order valence-electron chi connectivity index (χ3n) is 5.73. The SMILES string of the molecule is CC1=NN(c2ccc(C)c(C)c2)C(=O)C1=NNc1cccc(-c2cccc(C(=O)O)c2)c1O.NCCO.NCCO. The van der Waals surface area contributed by atoms with Crippen molar-refractivity contribution in [3.8, 4) is 16.9 Å². The Kier molecular flexibility index (Phi) is 12.6. The molecule has 0 spiro atoms. The van der Waals surface area contributed by atoms with Gasteiger partial charge in [-0.25, -0.2) is 4.79 Å². The van der Waals surface area contributed by atoms with Crippen LogP contribution in [0.15, 0.2) is 70.9 Å². The van der Waals surface area contributed by atoms with Crippen LogP contribution in [0.5, 0.6) is 5.75 Å². The second-order valence-electron chi connectivity index (χ2n) is 8.76. The van der Waals surface area contributed by atoms with Crippen molar-refractivity contribution in [3.05, 3.63) is 77.4 Å². The van der Waals surface area contributed by atoms with Crippen molar-refractivity contribution in [1.29, 1.82) is 0 Å². The summed E-state index contributed by atoms with van der Waals surface area (Å²) in [6, 6.07) is 16.9. The molecule has 1 aliphatic rings. The van der Waals surface area contributed by atoms with Gasteiger partial charge in [-0.15, -0.1) is 0 Å². The molecule has 1 aliphatic heterocycles. The monoisotopic (exact) mass is 564 g/mol. The molecular formula is C29H36N6O6. The van der Waals surface area contributed by atoms with Crippen molar-refractivity contribution in [2.45, 2.75) is 20.8 Å². The summed E-state index contributed by atoms with van der Waals surface area (Å²) in [5.74, 6) is -1.55. The number of benzene rings is 3. The van der Waals surface area contributed by atoms with E-state index in [-0.39, 0.29) is 41.8 Å². The van der Waals surface area contributed by atoms with E-state index in [0.717, 1.165) is 11.1 Å². The Morgan fingerprint density at radius 3 is 2.17 bits per heavy atom. The Balaban J connectivity index is 0.000000653. The summed E-state index contributed by atoms with van der Waals surface area (Å²) in [5.41, 5.74) is 17.0. The molecule has 41 heavy (non-hydrogen) atoms. The standard InChI is InChI=1S/C25H22N4O4.2C2H7NO/c1-14-10-11-19(12-15(14)2)29-24(31)22(16(3)28-29)27-26-21-9-5-8-20(23(21)30)17-6-4-7-18(13-17)25(32)33;2*3-1-2-4/h4-13,26,30H,1-3H3,(H,32,33);2*4H,1-3H2. The summed E-state index contributed by atoms with van der Waals surface area (Å²) in [5, 5.41) is 45.3. The molecule has 3 aromatic rings. The lowest BCUT2D eigenvalue weighted by Crippen LogP contribution is -2.28. The average Bonchev–Trinajstić information content (AvgIpc) is 3.26. The number of aromatic carboxylic acids is 1. The molecule has 0 saturated heterocycles. The number of carbonyl (C=O) groups excluding carboxylic acids is 1. The van der Waals surface area contributed by atoms with Crippen molar-refractivity contribution in [2.75, 3.05) is 36.7 Å². The Morgan fingerprint density at radius 1 is 0.951 bits per heavy atom. The Morgan fingerprint density at radius 2 is 1.59 bits per heavy atom. The van der Waals surface area contributed by atoms with E-state index in [1.165, 1.54) is 17.1 Å². The highest BCUT2D eigenvalue weighted by Crippen LogP contribution is 2.36. The number of carboxylic acids is 1. The normalized spacial score (nSPS) is 13.1. The van der Waals surface area contributed by atoms with Crippen molar-refractivity contribution in [1.82, 2.24) is 0 Å². The predicted molar refractivity (Wildman–Crippen MR) is 160 cm³/mol. The molecule has 0 radical (unpaired) electrons. The van der Waals surface area contributed by atoms with E-state index in [1.807, 2.05) is 32.0 Å². The number of hydrogen-bond donors (Lipinski definition) is 7. The Bertz CT molecular complexity index is 1410. The number of phenolic OH excluding ortho intramolecular Hbond substituents is 1. The number of amides is 1. The number of para-hydroxylation sites is 1. The molecular weight excluding hydrogens is 528 g/mol. The number of nitrogens with two attached hydrogens (primary N) is 2. The second-order valence-corrected chi connectivity index (χ2v) is 8.76. The van der Waals surface area contributed by atoms with Gasteiger partial charge < -0.3 is 31.9 Å². The summed E-state index contributed by atoms with van der Waals surface area (Å²) >= 11 is 0. The van der Waals surface area contributed by atoms with Gasteiger partial charge in [0.15, 0.2) is 5.71 Å². The number of hydrazone groups is 2. The molecule has 0 fully saturated rings. The molecule has 12 nitrogen and oxygen atoms in total. The number of hydrogen-bond acceptors (Lipinski definition) is 10. The average molecular weight is 565 g/mol. The minimum Gasteiger partial charge on any atom is -0.505 e. The third kappa shape index (κ3) is 8.68. The Hall–Kier alpha value is -4.62. The minimum absolute atomic E-state index is 0.0972. The largest absolute Gasteiger partial charge is 0.505 e. The van der Waals surface area contributed by atoms with Crippen LogP contribution in [0.4, 0.5) is 11.4 Å². The topological polar surface area (TPSA) is 207 Å². The molecule has 0 aliphatic carbocycles. The van der Waals surface area contributed by atoms with Crippen LogP contribution in [-0.4, -0.2) is 70.0 Å². The fraction of sp³-hybridized carbons (Fsp3) is 0.241. The first-order valence-electron chi connectivity index (χ1n) is 12.7. The third-order valence-corrected chi connectivity index (χ3v) is 5.73. The van der Waals surface area contributed by atoms with Gasteiger partial charge in [-0.2, -0.15) is 15.2 Å². The minimum atomic E-state index is -1.06. The number of phenols is 1. The summed E-state index contributed by atoms with van der Waals surface area (Å²) in [7, 11) is 0. The molecule has 218 valence electrons. The van der Waals surface area contributed by atoms with Crippen LogP contribution >= 0.6 is 0 Å². The first-order valence-corrected chi connectivity index (χ1v) is 12.7. The number of aliphatic hydroxyl groups excluding tert-OH is 2. The highest BCUT2D eigenvalue weighted by molar-refractivity contribution is 6.71. The van der Waals surface area contributed by atoms with E-state index < -0.39 is 5.97 Å². The first-order chi connectivity index (χ1) is 19.6. The van der Waals surface area contributed by atoms with E-state index in [2.05, 4.69) is 15.6 Å². The maximum Gasteiger partial charge on any atom is 0.335 e. The van der Waals surface area contributed by atoms with Gasteiger partial charge in [0.1, 0.15) is 5.75 Å². The van der Waals surface area contributed by atoms with Gasteiger partial charge in [0, 0.05) is 18.7 Å². The lowest BCUT2D eigenvalue weighted by Gasteiger charge is -2.13. The van der Waals surface area contributed by atoms with Gasteiger partial charge in [-0.3, -0.25) is 10.2 Å².